The van der Waals surface area contributed by atoms with Crippen LogP contribution >= 0.6 is 0 Å². The summed E-state index contributed by atoms with van der Waals surface area (Å²) >= 11 is 0. The van der Waals surface area contributed by atoms with Gasteiger partial charge in [-0.05, 0) is 43.1 Å². The quantitative estimate of drug-likeness (QED) is 0.707. The fourth-order valence-electron chi connectivity index (χ4n) is 2.96. The van der Waals surface area contributed by atoms with Gasteiger partial charge in [-0.1, -0.05) is 0 Å². The molecule has 0 unspecified atom stereocenters. The molecule has 1 aromatic heterocycles. The van der Waals surface area contributed by atoms with Crippen molar-refractivity contribution in [3.05, 3.63) is 35.8 Å². The van der Waals surface area contributed by atoms with Crippen LogP contribution in [0.2, 0.25) is 0 Å². The fourth-order valence-corrected chi connectivity index (χ4v) is 2.96. The van der Waals surface area contributed by atoms with Crippen molar-refractivity contribution in [1.82, 2.24) is 15.2 Å². The van der Waals surface area contributed by atoms with Crippen molar-refractivity contribution in [2.75, 3.05) is 32.7 Å². The van der Waals surface area contributed by atoms with E-state index in [1.54, 1.807) is 12.1 Å². The Kier molecular flexibility index (Phi) is 4.53. The average Bonchev–Trinajstić information content (AvgIpc) is 3.05. The minimum absolute atomic E-state index is 0.147. The monoisotopic (exact) mass is 291 g/mol. The fraction of sp³-hybridized carbons (Fsp3) is 0.500. The lowest BCUT2D eigenvalue weighted by Crippen LogP contribution is -2.32. The van der Waals surface area contributed by atoms with Crippen LogP contribution in [0.5, 0.6) is 0 Å². The van der Waals surface area contributed by atoms with Crippen LogP contribution in [0.25, 0.3) is 10.9 Å². The van der Waals surface area contributed by atoms with Crippen LogP contribution in [0.3, 0.4) is 0 Å². The third-order valence-electron chi connectivity index (χ3n) is 4.15. The first-order valence-electron chi connectivity index (χ1n) is 7.59. The maximum Gasteiger partial charge on any atom is 0.123 e. The summed E-state index contributed by atoms with van der Waals surface area (Å²) in [6.07, 6.45) is 3.58. The molecular formula is C16H22FN3O. The zero-order valence-electron chi connectivity index (χ0n) is 12.1. The number of aliphatic hydroxyl groups excluding tert-OH is 1. The van der Waals surface area contributed by atoms with Crippen LogP contribution < -0.4 is 5.32 Å². The molecule has 4 nitrogen and oxygen atoms in total. The molecule has 1 aliphatic rings. The van der Waals surface area contributed by atoms with Gasteiger partial charge in [-0.15, -0.1) is 0 Å². The van der Waals surface area contributed by atoms with Gasteiger partial charge in [0.05, 0.1) is 6.10 Å². The van der Waals surface area contributed by atoms with Crippen molar-refractivity contribution in [2.24, 2.45) is 0 Å². The standard InChI is InChI=1S/C16H22FN3O/c17-13-1-2-16-15(9-13)12(10-19-16)3-5-18-6-8-20-7-4-14(21)11-20/h1-2,9-10,14,18-19,21H,3-8,11H2/t14-/m0/s1. The van der Waals surface area contributed by atoms with Gasteiger partial charge in [0.15, 0.2) is 0 Å². The number of halogens is 1. The maximum absolute atomic E-state index is 13.3. The number of rotatable bonds is 6. The second kappa shape index (κ2) is 6.56. The Morgan fingerprint density at radius 2 is 2.29 bits per heavy atom. The predicted molar refractivity (Wildman–Crippen MR) is 81.9 cm³/mol. The van der Waals surface area contributed by atoms with Gasteiger partial charge in [0, 0.05) is 43.3 Å². The smallest absolute Gasteiger partial charge is 0.123 e. The Morgan fingerprint density at radius 1 is 1.38 bits per heavy atom. The number of likely N-dealkylation sites (tertiary alicyclic amines) is 1. The molecule has 0 saturated carbocycles. The summed E-state index contributed by atoms with van der Waals surface area (Å²) in [6.45, 7) is 4.55. The lowest BCUT2D eigenvalue weighted by molar-refractivity contribution is 0.176. The Morgan fingerprint density at radius 3 is 3.10 bits per heavy atom. The molecule has 2 aromatic rings. The highest BCUT2D eigenvalue weighted by molar-refractivity contribution is 5.83. The number of H-pyrrole nitrogens is 1. The minimum Gasteiger partial charge on any atom is -0.392 e. The summed E-state index contributed by atoms with van der Waals surface area (Å²) in [6, 6.07) is 4.85. The molecule has 1 fully saturated rings. The average molecular weight is 291 g/mol. The SMILES string of the molecule is O[C@H]1CCN(CCNCCc2c[nH]c3ccc(F)cc23)C1. The van der Waals surface area contributed by atoms with E-state index < -0.39 is 0 Å². The third kappa shape index (κ3) is 3.61. The summed E-state index contributed by atoms with van der Waals surface area (Å²) < 4.78 is 13.3. The summed E-state index contributed by atoms with van der Waals surface area (Å²) in [5, 5.41) is 13.8. The Hall–Kier alpha value is -1.43. The topological polar surface area (TPSA) is 51.3 Å². The van der Waals surface area contributed by atoms with Crippen LogP contribution in [-0.4, -0.2) is 53.8 Å². The molecule has 0 amide bonds. The number of nitrogens with one attached hydrogen (secondary N) is 2. The van der Waals surface area contributed by atoms with Crippen molar-refractivity contribution in [3.8, 4) is 0 Å². The highest BCUT2D eigenvalue weighted by Crippen LogP contribution is 2.19. The second-order valence-electron chi connectivity index (χ2n) is 5.75. The number of hydrogen-bond acceptors (Lipinski definition) is 3. The van der Waals surface area contributed by atoms with Crippen LogP contribution in [0.15, 0.2) is 24.4 Å². The van der Waals surface area contributed by atoms with E-state index in [9.17, 15) is 9.50 Å². The summed E-state index contributed by atoms with van der Waals surface area (Å²) in [4.78, 5) is 5.45. The van der Waals surface area contributed by atoms with Gasteiger partial charge in [-0.2, -0.15) is 0 Å². The molecule has 114 valence electrons. The molecule has 0 spiro atoms. The highest BCUT2D eigenvalue weighted by Gasteiger charge is 2.18. The Bertz CT molecular complexity index is 598. The number of fused-ring (bicyclic) bond motifs is 1. The molecule has 0 aliphatic carbocycles. The largest absolute Gasteiger partial charge is 0.392 e. The van der Waals surface area contributed by atoms with E-state index in [0.717, 1.165) is 62.0 Å². The minimum atomic E-state index is -0.191. The number of aromatic nitrogens is 1. The Balaban J connectivity index is 1.43. The van der Waals surface area contributed by atoms with Gasteiger partial charge in [0.2, 0.25) is 0 Å². The number of β-amino-alcohol motifs (C(OH)–C–C–N with tert-alkyl or cyclic N) is 1. The molecule has 1 aliphatic heterocycles. The van der Waals surface area contributed by atoms with E-state index in [0.29, 0.717) is 0 Å². The van der Waals surface area contributed by atoms with Gasteiger partial charge in [-0.3, -0.25) is 4.90 Å². The summed E-state index contributed by atoms with van der Waals surface area (Å²) in [7, 11) is 0. The van der Waals surface area contributed by atoms with Gasteiger partial charge >= 0.3 is 0 Å². The molecule has 21 heavy (non-hydrogen) atoms. The van der Waals surface area contributed by atoms with Crippen LogP contribution in [-0.2, 0) is 6.42 Å². The molecule has 5 heteroatoms. The zero-order chi connectivity index (χ0) is 14.7. The van der Waals surface area contributed by atoms with Gasteiger partial charge in [0.1, 0.15) is 5.82 Å². The lowest BCUT2D eigenvalue weighted by atomic mass is 10.1. The number of aromatic amines is 1. The summed E-state index contributed by atoms with van der Waals surface area (Å²) in [5.74, 6) is -0.191. The first-order valence-corrected chi connectivity index (χ1v) is 7.59. The zero-order valence-corrected chi connectivity index (χ0v) is 12.1. The molecule has 0 bridgehead atoms. The molecule has 0 radical (unpaired) electrons. The van der Waals surface area contributed by atoms with Crippen LogP contribution in [0.1, 0.15) is 12.0 Å². The van der Waals surface area contributed by atoms with Gasteiger partial charge in [-0.25, -0.2) is 4.39 Å². The molecule has 1 aromatic carbocycles. The molecule has 3 N–H and O–H groups in total. The summed E-state index contributed by atoms with van der Waals surface area (Å²) in [5.41, 5.74) is 2.13. The van der Waals surface area contributed by atoms with Crippen molar-refractivity contribution < 1.29 is 9.50 Å². The number of aliphatic hydroxyl groups is 1. The Labute approximate surface area is 124 Å². The van der Waals surface area contributed by atoms with Crippen LogP contribution in [0, 0.1) is 5.82 Å². The third-order valence-corrected chi connectivity index (χ3v) is 4.15. The molecule has 3 rings (SSSR count). The van der Waals surface area contributed by atoms with Crippen molar-refractivity contribution in [2.45, 2.75) is 18.9 Å². The second-order valence-corrected chi connectivity index (χ2v) is 5.75. The number of benzene rings is 1. The predicted octanol–water partition coefficient (Wildman–Crippen LogP) is 1.51. The molecule has 2 heterocycles. The van der Waals surface area contributed by atoms with E-state index in [1.165, 1.54) is 6.07 Å². The van der Waals surface area contributed by atoms with E-state index in [2.05, 4.69) is 15.2 Å². The van der Waals surface area contributed by atoms with E-state index in [-0.39, 0.29) is 11.9 Å². The highest BCUT2D eigenvalue weighted by atomic mass is 19.1. The molecule has 1 atom stereocenters. The van der Waals surface area contributed by atoms with Crippen molar-refractivity contribution in [1.29, 1.82) is 0 Å². The van der Waals surface area contributed by atoms with Gasteiger partial charge < -0.3 is 15.4 Å². The lowest BCUT2D eigenvalue weighted by Gasteiger charge is -2.14. The van der Waals surface area contributed by atoms with Crippen molar-refractivity contribution in [3.63, 3.8) is 0 Å². The first-order chi connectivity index (χ1) is 10.2. The number of hydrogen-bond donors (Lipinski definition) is 3. The number of nitrogens with zero attached hydrogens (tertiary/aromatic N) is 1. The van der Waals surface area contributed by atoms with Crippen LogP contribution in [0.4, 0.5) is 4.39 Å². The van der Waals surface area contributed by atoms with E-state index in [1.807, 2.05) is 6.20 Å². The van der Waals surface area contributed by atoms with E-state index in [4.69, 9.17) is 0 Å². The molecule has 1 saturated heterocycles. The maximum atomic E-state index is 13.3. The first kappa shape index (κ1) is 14.5. The normalized spacial score (nSPS) is 19.6. The van der Waals surface area contributed by atoms with E-state index >= 15 is 0 Å². The van der Waals surface area contributed by atoms with Gasteiger partial charge in [0.25, 0.3) is 0 Å². The molecular weight excluding hydrogens is 269 g/mol. The van der Waals surface area contributed by atoms with Crippen molar-refractivity contribution >= 4 is 10.9 Å².